The van der Waals surface area contributed by atoms with Gasteiger partial charge in [0.15, 0.2) is 0 Å². The third kappa shape index (κ3) is 6.32. The maximum absolute atomic E-state index is 13.3. The molecular formula is C32H35N5O4. The van der Waals surface area contributed by atoms with E-state index in [1.54, 1.807) is 37.1 Å². The number of hydrogen-bond acceptors (Lipinski definition) is 7. The van der Waals surface area contributed by atoms with Crippen LogP contribution >= 0.6 is 0 Å². The molecule has 5 rings (SSSR count). The Labute approximate surface area is 240 Å². The lowest BCUT2D eigenvalue weighted by atomic mass is 9.99. The molecule has 2 heterocycles. The van der Waals surface area contributed by atoms with Crippen LogP contribution in [0, 0.1) is 0 Å². The van der Waals surface area contributed by atoms with Crippen LogP contribution < -0.4 is 15.5 Å². The standard InChI is InChI=1S/C32H35N5O4/c1-4-41-32(40)23-10-15-26-27(20-23)34-31(39)29(26)30(22-8-6-5-7-9-22)33-24-11-13-25(14-12-24)36(3)28(38)21-37-18-16-35(2)17-19-37/h5-15,20,33H,4,16-19,21H2,1-3H3,(H,34,39). The molecule has 41 heavy (non-hydrogen) atoms. The number of hydrogen-bond donors (Lipinski definition) is 2. The second-order valence-electron chi connectivity index (χ2n) is 10.3. The summed E-state index contributed by atoms with van der Waals surface area (Å²) in [6.45, 7) is 6.11. The minimum absolute atomic E-state index is 0.0452. The van der Waals surface area contributed by atoms with Gasteiger partial charge in [0.1, 0.15) is 0 Å². The number of fused-ring (bicyclic) bond motifs is 1. The first-order chi connectivity index (χ1) is 19.8. The maximum atomic E-state index is 13.3. The first-order valence-electron chi connectivity index (χ1n) is 13.8. The Morgan fingerprint density at radius 2 is 1.66 bits per heavy atom. The number of nitrogens with one attached hydrogen (secondary N) is 2. The Kier molecular flexibility index (Phi) is 8.47. The van der Waals surface area contributed by atoms with Crippen LogP contribution in [0.3, 0.4) is 0 Å². The fourth-order valence-electron chi connectivity index (χ4n) is 5.01. The Morgan fingerprint density at radius 3 is 2.34 bits per heavy atom. The van der Waals surface area contributed by atoms with Gasteiger partial charge in [-0.1, -0.05) is 36.4 Å². The average Bonchev–Trinajstić information content (AvgIpc) is 3.32. The normalized spacial score (nSPS) is 16.5. The fourth-order valence-corrected chi connectivity index (χ4v) is 5.01. The molecule has 2 amide bonds. The van der Waals surface area contributed by atoms with Crippen LogP contribution in [-0.4, -0.2) is 81.0 Å². The highest BCUT2D eigenvalue weighted by Crippen LogP contribution is 2.38. The third-order valence-electron chi connectivity index (χ3n) is 7.44. The van der Waals surface area contributed by atoms with Gasteiger partial charge in [-0.3, -0.25) is 14.5 Å². The summed E-state index contributed by atoms with van der Waals surface area (Å²) >= 11 is 0. The Balaban J connectivity index is 1.39. The van der Waals surface area contributed by atoms with Gasteiger partial charge in [-0.15, -0.1) is 0 Å². The van der Waals surface area contributed by atoms with Crippen molar-refractivity contribution in [1.29, 1.82) is 0 Å². The van der Waals surface area contributed by atoms with Gasteiger partial charge in [0.25, 0.3) is 5.91 Å². The van der Waals surface area contributed by atoms with E-state index in [0.29, 0.717) is 34.6 Å². The lowest BCUT2D eigenvalue weighted by Crippen LogP contribution is -2.48. The summed E-state index contributed by atoms with van der Waals surface area (Å²) in [6.07, 6.45) is 0. The molecule has 9 nitrogen and oxygen atoms in total. The van der Waals surface area contributed by atoms with Crippen LogP contribution in [0.4, 0.5) is 17.1 Å². The predicted molar refractivity (Wildman–Crippen MR) is 162 cm³/mol. The van der Waals surface area contributed by atoms with Crippen molar-refractivity contribution in [3.8, 4) is 0 Å². The van der Waals surface area contributed by atoms with Crippen LogP contribution in [-0.2, 0) is 14.3 Å². The van der Waals surface area contributed by atoms with Crippen LogP contribution in [0.25, 0.3) is 11.3 Å². The fraction of sp³-hybridized carbons (Fsp3) is 0.281. The molecule has 0 bridgehead atoms. The van der Waals surface area contributed by atoms with Crippen LogP contribution in [0.2, 0.25) is 0 Å². The second-order valence-corrected chi connectivity index (χ2v) is 10.3. The van der Waals surface area contributed by atoms with Crippen LogP contribution in [0.15, 0.2) is 72.8 Å². The van der Waals surface area contributed by atoms with Gasteiger partial charge in [0.05, 0.1) is 35.7 Å². The molecule has 9 heteroatoms. The number of carbonyl (C=O) groups excluding carboxylic acids is 3. The molecule has 212 valence electrons. The number of ether oxygens (including phenoxy) is 1. The molecule has 0 aromatic heterocycles. The number of nitrogens with zero attached hydrogens (tertiary/aromatic N) is 3. The van der Waals surface area contributed by atoms with Gasteiger partial charge in [-0.2, -0.15) is 0 Å². The van der Waals surface area contributed by atoms with Crippen molar-refractivity contribution in [2.24, 2.45) is 0 Å². The first kappa shape index (κ1) is 28.1. The summed E-state index contributed by atoms with van der Waals surface area (Å²) in [5, 5.41) is 6.34. The van der Waals surface area contributed by atoms with Crippen molar-refractivity contribution >= 4 is 46.1 Å². The SMILES string of the molecule is CCOC(=O)c1ccc2c(c1)NC(=O)C2=C(Nc1ccc(N(C)C(=O)CN2CCN(C)CC2)cc1)c1ccccc1. The quantitative estimate of drug-likeness (QED) is 0.322. The number of piperazine rings is 1. The second kappa shape index (κ2) is 12.4. The van der Waals surface area contributed by atoms with Gasteiger partial charge >= 0.3 is 5.97 Å². The summed E-state index contributed by atoms with van der Waals surface area (Å²) in [4.78, 5) is 44.6. The van der Waals surface area contributed by atoms with Crippen molar-refractivity contribution in [2.45, 2.75) is 6.92 Å². The largest absolute Gasteiger partial charge is 0.462 e. The van der Waals surface area contributed by atoms with Gasteiger partial charge < -0.3 is 25.2 Å². The van der Waals surface area contributed by atoms with Gasteiger partial charge in [0.2, 0.25) is 5.91 Å². The predicted octanol–water partition coefficient (Wildman–Crippen LogP) is 4.01. The Bertz CT molecular complexity index is 1460. The zero-order chi connectivity index (χ0) is 28.9. The molecule has 3 aromatic rings. The zero-order valence-electron chi connectivity index (χ0n) is 23.6. The summed E-state index contributed by atoms with van der Waals surface area (Å²) in [5.41, 5.74) is 5.14. The van der Waals surface area contributed by atoms with E-state index in [4.69, 9.17) is 4.74 Å². The number of carbonyl (C=O) groups is 3. The third-order valence-corrected chi connectivity index (χ3v) is 7.44. The number of likely N-dealkylation sites (N-methyl/N-ethyl adjacent to an activating group) is 2. The van der Waals surface area contributed by atoms with Crippen molar-refractivity contribution in [3.05, 3.63) is 89.5 Å². The van der Waals surface area contributed by atoms with E-state index in [1.165, 1.54) is 0 Å². The molecule has 2 N–H and O–H groups in total. The molecule has 1 fully saturated rings. The van der Waals surface area contributed by atoms with E-state index in [1.807, 2.05) is 54.6 Å². The molecule has 3 aromatic carbocycles. The molecule has 2 aliphatic heterocycles. The highest BCUT2D eigenvalue weighted by molar-refractivity contribution is 6.37. The van der Waals surface area contributed by atoms with Crippen molar-refractivity contribution in [3.63, 3.8) is 0 Å². The number of anilines is 3. The average molecular weight is 554 g/mol. The molecule has 0 spiro atoms. The molecule has 0 saturated carbocycles. The minimum atomic E-state index is -0.435. The molecule has 0 radical (unpaired) electrons. The molecule has 2 aliphatic rings. The number of amides is 2. The molecule has 0 aliphatic carbocycles. The summed E-state index contributed by atoms with van der Waals surface area (Å²) in [7, 11) is 3.89. The van der Waals surface area contributed by atoms with E-state index in [0.717, 1.165) is 43.1 Å². The zero-order valence-corrected chi connectivity index (χ0v) is 23.6. The van der Waals surface area contributed by atoms with E-state index < -0.39 is 5.97 Å². The van der Waals surface area contributed by atoms with Crippen LogP contribution in [0.5, 0.6) is 0 Å². The number of rotatable bonds is 8. The Morgan fingerprint density at radius 1 is 0.951 bits per heavy atom. The summed E-state index contributed by atoms with van der Waals surface area (Å²) in [6, 6.07) is 22.3. The molecule has 0 atom stereocenters. The lowest BCUT2D eigenvalue weighted by molar-refractivity contribution is -0.119. The Hall–Kier alpha value is -4.47. The van der Waals surface area contributed by atoms with E-state index in [9.17, 15) is 14.4 Å². The van der Waals surface area contributed by atoms with E-state index >= 15 is 0 Å². The maximum Gasteiger partial charge on any atom is 0.338 e. The minimum Gasteiger partial charge on any atom is -0.462 e. The highest BCUT2D eigenvalue weighted by atomic mass is 16.5. The molecule has 1 saturated heterocycles. The van der Waals surface area contributed by atoms with E-state index in [2.05, 4.69) is 27.5 Å². The smallest absolute Gasteiger partial charge is 0.338 e. The highest BCUT2D eigenvalue weighted by Gasteiger charge is 2.29. The summed E-state index contributed by atoms with van der Waals surface area (Å²) < 4.78 is 5.12. The number of esters is 1. The summed E-state index contributed by atoms with van der Waals surface area (Å²) in [5.74, 6) is -0.655. The van der Waals surface area contributed by atoms with Gasteiger partial charge in [0, 0.05) is 50.2 Å². The number of benzene rings is 3. The van der Waals surface area contributed by atoms with Crippen molar-refractivity contribution in [2.75, 3.05) is 69.0 Å². The van der Waals surface area contributed by atoms with Gasteiger partial charge in [-0.25, -0.2) is 4.79 Å². The van der Waals surface area contributed by atoms with Crippen molar-refractivity contribution in [1.82, 2.24) is 9.80 Å². The van der Waals surface area contributed by atoms with E-state index in [-0.39, 0.29) is 18.4 Å². The van der Waals surface area contributed by atoms with Gasteiger partial charge in [-0.05, 0) is 55.9 Å². The van der Waals surface area contributed by atoms with Crippen molar-refractivity contribution < 1.29 is 19.1 Å². The first-order valence-corrected chi connectivity index (χ1v) is 13.8. The monoisotopic (exact) mass is 553 g/mol. The lowest BCUT2D eigenvalue weighted by Gasteiger charge is -2.32. The topological polar surface area (TPSA) is 94.2 Å². The molecular weight excluding hydrogens is 518 g/mol. The molecule has 0 unspecified atom stereocenters. The van der Waals surface area contributed by atoms with Crippen LogP contribution in [0.1, 0.15) is 28.4 Å².